The maximum atomic E-state index is 13.6. The third-order valence-electron chi connectivity index (χ3n) is 12.3. The SMILES string of the molecule is [CH2-]C/C(=C\[C@@H]1CCCN1C(=O)CNC(=O)[CH-]N(C[CH2-])C(=O)[C@@H]1CCCN1C(=O)CNC(=O)[CH-]N(C[CH2-])C(=O)[C@@H]1CCC/C1=C\CNC(=O)[CH-]N(C[CH2-])C(=O)[C@@H]1CCCN1C(=O)CNC)[CH-]C(C)=O.[Y].[Y].[Y].[Y]. The molecule has 0 aromatic rings. The Kier molecular flexibility index (Phi) is 35.4. The number of nitrogens with one attached hydrogen (secondary N) is 4. The van der Waals surface area contributed by atoms with Gasteiger partial charge in [-0.15, -0.1) is 19.6 Å². The Bertz CT molecular complexity index is 1940. The minimum Gasteiger partial charge on any atom is -0.494 e. The molecule has 1 saturated carbocycles. The Hall–Kier alpha value is -1.76. The normalized spacial score (nSPS) is 19.5. The van der Waals surface area contributed by atoms with Crippen LogP contribution in [-0.2, 0) is 179 Å². The van der Waals surface area contributed by atoms with Crippen LogP contribution in [0.4, 0.5) is 0 Å². The maximum absolute atomic E-state index is 13.6. The summed E-state index contributed by atoms with van der Waals surface area (Å²) < 4.78 is 0. The second-order valence-corrected chi connectivity index (χ2v) is 17.0. The van der Waals surface area contributed by atoms with Gasteiger partial charge in [-0.1, -0.05) is 11.6 Å². The van der Waals surface area contributed by atoms with Crippen LogP contribution in [-0.4, -0.2) is 179 Å². The number of likely N-dealkylation sites (N-methyl/N-ethyl adjacent to an activating group) is 1. The zero-order valence-electron chi connectivity index (χ0n) is 41.8. The number of hydrogen-bond acceptors (Lipinski definition) is 11. The van der Waals surface area contributed by atoms with E-state index in [1.54, 1.807) is 18.0 Å². The number of allylic oxidation sites excluding steroid dienone is 1. The summed E-state index contributed by atoms with van der Waals surface area (Å²) in [5.41, 5.74) is 1.49. The van der Waals surface area contributed by atoms with E-state index in [0.717, 1.165) is 42.1 Å². The molecule has 4 radical (unpaired) electrons. The molecule has 0 aromatic heterocycles. The topological polar surface area (TPSA) is 238 Å². The summed E-state index contributed by atoms with van der Waals surface area (Å²) in [7, 11) is 1.65. The third-order valence-corrected chi connectivity index (χ3v) is 12.3. The van der Waals surface area contributed by atoms with Gasteiger partial charge in [0.1, 0.15) is 29.8 Å². The monoisotopic (exact) mass is 1300 g/mol. The second kappa shape index (κ2) is 36.3. The molecule has 3 heterocycles. The molecule has 4 N–H and O–H groups in total. The fourth-order valence-electron chi connectivity index (χ4n) is 8.95. The predicted molar refractivity (Wildman–Crippen MR) is 250 cm³/mol. The molecular formula is C48H68N10O10Y4-8. The van der Waals surface area contributed by atoms with Crippen molar-refractivity contribution in [2.24, 2.45) is 5.92 Å². The largest absolute Gasteiger partial charge is 0.494 e. The van der Waals surface area contributed by atoms with Crippen molar-refractivity contribution in [1.29, 1.82) is 0 Å². The minimum absolute atomic E-state index is 0. The number of carbonyl (C=O) groups excluding carboxylic acids is 10. The number of carbonyl (C=O) groups is 10. The van der Waals surface area contributed by atoms with Crippen LogP contribution in [0.2, 0.25) is 0 Å². The van der Waals surface area contributed by atoms with Crippen molar-refractivity contribution in [3.8, 4) is 0 Å². The van der Waals surface area contributed by atoms with Crippen molar-refractivity contribution in [2.75, 3.05) is 72.5 Å². The first kappa shape index (κ1) is 70.2. The summed E-state index contributed by atoms with van der Waals surface area (Å²) in [5, 5.41) is 10.6. The second-order valence-electron chi connectivity index (χ2n) is 17.0. The summed E-state index contributed by atoms with van der Waals surface area (Å²) in [4.78, 5) is 138. The first-order chi connectivity index (χ1) is 32.6. The van der Waals surface area contributed by atoms with Crippen LogP contribution in [0, 0.1) is 59.7 Å². The molecule has 9 amide bonds. The summed E-state index contributed by atoms with van der Waals surface area (Å²) in [6.07, 6.45) is 10.7. The zero-order valence-corrected chi connectivity index (χ0v) is 53.2. The Labute approximate surface area is 526 Å². The molecule has 1 aliphatic carbocycles. The average Bonchev–Trinajstić information content (AvgIpc) is 4.17. The van der Waals surface area contributed by atoms with Crippen molar-refractivity contribution in [1.82, 2.24) is 50.7 Å². The van der Waals surface area contributed by atoms with E-state index in [4.69, 9.17) is 0 Å². The smallest absolute Gasteiger partial charge is 0.242 e. The minimum atomic E-state index is -0.927. The number of rotatable bonds is 24. The molecule has 72 heavy (non-hydrogen) atoms. The number of hydrogen-bond donors (Lipinski definition) is 4. The van der Waals surface area contributed by atoms with Crippen LogP contribution in [0.25, 0.3) is 0 Å². The quantitative estimate of drug-likeness (QED) is 0.0721. The molecule has 4 atom stereocenters. The molecule has 20 nitrogen and oxygen atoms in total. The number of Topliss-reactive ketones (excluding diaryl/α,β-unsaturated/α-hetero) is 1. The van der Waals surface area contributed by atoms with Gasteiger partial charge in [-0.2, -0.15) is 12.8 Å². The first-order valence-corrected chi connectivity index (χ1v) is 23.3. The molecular weight excluding hydrogens is 1230 g/mol. The van der Waals surface area contributed by atoms with Crippen LogP contribution >= 0.6 is 0 Å². The van der Waals surface area contributed by atoms with Gasteiger partial charge in [-0.25, -0.2) is 31.3 Å². The number of amides is 9. The Balaban J connectivity index is 0.0000126. The van der Waals surface area contributed by atoms with Gasteiger partial charge in [0.25, 0.3) is 0 Å². The molecule has 3 aliphatic heterocycles. The molecule has 0 spiro atoms. The van der Waals surface area contributed by atoms with Gasteiger partial charge in [0.2, 0.25) is 35.4 Å². The molecule has 4 fully saturated rings. The molecule has 0 unspecified atom stereocenters. The van der Waals surface area contributed by atoms with E-state index >= 15 is 0 Å². The van der Waals surface area contributed by atoms with E-state index in [1.807, 2.05) is 6.08 Å². The average molecular weight is 1300 g/mol. The molecule has 0 aromatic carbocycles. The molecule has 24 heteroatoms. The van der Waals surface area contributed by atoms with E-state index in [1.165, 1.54) is 32.9 Å². The molecule has 4 rings (SSSR count). The zero-order chi connectivity index (χ0) is 49.9. The van der Waals surface area contributed by atoms with Crippen molar-refractivity contribution < 1.29 is 179 Å². The van der Waals surface area contributed by atoms with Crippen LogP contribution in [0.1, 0.15) is 71.1 Å². The number of ketones is 1. The van der Waals surface area contributed by atoms with Crippen LogP contribution in [0.3, 0.4) is 0 Å². The summed E-state index contributed by atoms with van der Waals surface area (Å²) in [6.45, 7) is 20.1. The third kappa shape index (κ3) is 21.0. The Morgan fingerprint density at radius 3 is 1.51 bits per heavy atom. The van der Waals surface area contributed by atoms with Gasteiger partial charge < -0.3 is 97.5 Å². The van der Waals surface area contributed by atoms with Gasteiger partial charge >= 0.3 is 0 Å². The van der Waals surface area contributed by atoms with Crippen LogP contribution < -0.4 is 21.3 Å². The van der Waals surface area contributed by atoms with E-state index in [9.17, 15) is 47.9 Å². The van der Waals surface area contributed by atoms with E-state index in [0.29, 0.717) is 70.9 Å². The van der Waals surface area contributed by atoms with Gasteiger partial charge in [-0.3, -0.25) is 28.8 Å². The molecule has 0 bridgehead atoms. The maximum Gasteiger partial charge on any atom is 0.242 e. The number of nitrogens with zero attached hydrogens (tertiary/aromatic N) is 6. The Morgan fingerprint density at radius 1 is 0.597 bits per heavy atom. The summed E-state index contributed by atoms with van der Waals surface area (Å²) in [6, 6.07) is -1.85. The van der Waals surface area contributed by atoms with Crippen molar-refractivity contribution >= 4 is 58.9 Å². The van der Waals surface area contributed by atoms with Crippen LogP contribution in [0.5, 0.6) is 0 Å². The Morgan fingerprint density at radius 2 is 1.04 bits per heavy atom. The molecule has 390 valence electrons. The van der Waals surface area contributed by atoms with Gasteiger partial charge in [-0.05, 0) is 77.8 Å². The van der Waals surface area contributed by atoms with Gasteiger partial charge in [0, 0.05) is 157 Å². The fourth-order valence-corrected chi connectivity index (χ4v) is 8.95. The summed E-state index contributed by atoms with van der Waals surface area (Å²) >= 11 is 0. The standard InChI is InChI=1S/C48H68N10O10.4Y/c1-7-34(25-33(5)59)26-36-16-12-22-56(36)44(64)28-51-42(62)32-55(10-4)48(68)39-19-14-24-58(39)45(65)29-52-41(61)31-53(8-2)46(66)37-17-11-15-35(37)20-21-50-40(60)30-54(9-3)47(67)38-18-13-23-57(38)43(63)27-49-6;;;;/h20,25-26,30-32,36-39,49H,1-4,7-19,21-24,27-29H2,5-6H3,(H,50,60)(H,51,62)(H,52,61);;;;/q-8;;;;/b34-26+,35-20+;;;;/t36-,37+,38-,39-;;;;/m0..../s1. The fraction of sp³-hybridized carbons (Fsp3) is 0.542. The summed E-state index contributed by atoms with van der Waals surface area (Å²) in [5.74, 6) is -5.06. The molecule has 4 aliphatic rings. The van der Waals surface area contributed by atoms with E-state index in [-0.39, 0.29) is 212 Å². The van der Waals surface area contributed by atoms with Crippen molar-refractivity contribution in [2.45, 2.75) is 89.3 Å². The molecule has 3 saturated heterocycles. The number of likely N-dealkylation sites (tertiary alicyclic amines) is 3. The predicted octanol–water partition coefficient (Wildman–Crippen LogP) is -0.339. The van der Waals surface area contributed by atoms with Crippen molar-refractivity contribution in [3.05, 3.63) is 77.0 Å². The van der Waals surface area contributed by atoms with Gasteiger partial charge in [0.15, 0.2) is 0 Å². The van der Waals surface area contributed by atoms with Gasteiger partial charge in [0.05, 0.1) is 31.3 Å². The van der Waals surface area contributed by atoms with E-state index < -0.39 is 54.1 Å². The first-order valence-electron chi connectivity index (χ1n) is 23.3. The van der Waals surface area contributed by atoms with Crippen molar-refractivity contribution in [3.63, 3.8) is 0 Å². The van der Waals surface area contributed by atoms with Crippen LogP contribution in [0.15, 0.2) is 23.3 Å². The van der Waals surface area contributed by atoms with E-state index in [2.05, 4.69) is 49.0 Å².